The van der Waals surface area contributed by atoms with Crippen LogP contribution in [0.2, 0.25) is 0 Å². The first-order chi connectivity index (χ1) is 9.08. The highest BCUT2D eigenvalue weighted by Crippen LogP contribution is 2.21. The number of carboxylic acids is 1. The van der Waals surface area contributed by atoms with Gasteiger partial charge in [0.2, 0.25) is 0 Å². The van der Waals surface area contributed by atoms with Crippen LogP contribution in [0.5, 0.6) is 5.75 Å². The van der Waals surface area contributed by atoms with Gasteiger partial charge in [-0.3, -0.25) is 4.79 Å². The highest BCUT2D eigenvalue weighted by molar-refractivity contribution is 6.02. The lowest BCUT2D eigenvalue weighted by molar-refractivity contribution is -0.142. The maximum absolute atomic E-state index is 11.9. The van der Waals surface area contributed by atoms with Gasteiger partial charge >= 0.3 is 5.97 Å². The number of rotatable bonds is 3. The van der Waals surface area contributed by atoms with E-state index in [0.29, 0.717) is 13.2 Å². The number of carbonyl (C=O) groups excluding carboxylic acids is 1. The molecule has 1 unspecified atom stereocenters. The predicted molar refractivity (Wildman–Crippen MR) is 64.3 cm³/mol. The zero-order chi connectivity index (χ0) is 13.8. The second kappa shape index (κ2) is 5.68. The summed E-state index contributed by atoms with van der Waals surface area (Å²) in [5.41, 5.74) is -0.0884. The van der Waals surface area contributed by atoms with Crippen molar-refractivity contribution in [2.45, 2.75) is 6.10 Å². The van der Waals surface area contributed by atoms with Gasteiger partial charge in [-0.1, -0.05) is 0 Å². The van der Waals surface area contributed by atoms with E-state index in [9.17, 15) is 14.7 Å². The fourth-order valence-corrected chi connectivity index (χ4v) is 1.67. The van der Waals surface area contributed by atoms with E-state index in [-0.39, 0.29) is 23.6 Å². The number of hydrogen-bond acceptors (Lipinski definition) is 5. The number of carboxylic acid groups (broad SMARTS) is 1. The largest absolute Gasteiger partial charge is 0.508 e. The fourth-order valence-electron chi connectivity index (χ4n) is 1.67. The van der Waals surface area contributed by atoms with Gasteiger partial charge in [0.25, 0.3) is 5.91 Å². The van der Waals surface area contributed by atoms with Crippen LogP contribution in [-0.2, 0) is 14.3 Å². The van der Waals surface area contributed by atoms with Crippen LogP contribution in [-0.4, -0.2) is 48.0 Å². The minimum absolute atomic E-state index is 0.101. The number of carbonyl (C=O) groups is 2. The van der Waals surface area contributed by atoms with Crippen molar-refractivity contribution in [3.63, 3.8) is 0 Å². The Hall–Kier alpha value is -2.12. The summed E-state index contributed by atoms with van der Waals surface area (Å²) in [6.07, 6.45) is -0.760. The number of aromatic hydroxyl groups is 1. The van der Waals surface area contributed by atoms with Gasteiger partial charge in [0.1, 0.15) is 5.75 Å². The Morgan fingerprint density at radius 3 is 2.74 bits per heavy atom. The van der Waals surface area contributed by atoms with Gasteiger partial charge in [0, 0.05) is 0 Å². The van der Waals surface area contributed by atoms with Gasteiger partial charge in [-0.05, 0) is 18.2 Å². The zero-order valence-electron chi connectivity index (χ0n) is 9.96. The smallest absolute Gasteiger partial charge is 0.337 e. The van der Waals surface area contributed by atoms with Crippen LogP contribution in [0.15, 0.2) is 18.2 Å². The average Bonchev–Trinajstić information content (AvgIpc) is 2.41. The molecule has 0 aliphatic carbocycles. The highest BCUT2D eigenvalue weighted by Gasteiger charge is 2.24. The number of aromatic carboxylic acids is 1. The topological polar surface area (TPSA) is 105 Å². The third-order valence-corrected chi connectivity index (χ3v) is 2.60. The Kier molecular flexibility index (Phi) is 3.98. The van der Waals surface area contributed by atoms with Crippen molar-refractivity contribution in [2.24, 2.45) is 0 Å². The van der Waals surface area contributed by atoms with Crippen molar-refractivity contribution in [3.8, 4) is 5.75 Å². The van der Waals surface area contributed by atoms with E-state index in [1.807, 2.05) is 0 Å². The third-order valence-electron chi connectivity index (χ3n) is 2.60. The van der Waals surface area contributed by atoms with E-state index < -0.39 is 18.0 Å². The quantitative estimate of drug-likeness (QED) is 0.686. The molecule has 1 heterocycles. The van der Waals surface area contributed by atoms with E-state index in [0.717, 1.165) is 6.07 Å². The number of hydrogen-bond donors (Lipinski definition) is 3. The number of nitrogens with one attached hydrogen (secondary N) is 1. The molecule has 1 aromatic rings. The summed E-state index contributed by atoms with van der Waals surface area (Å²) in [5.74, 6) is -1.91. The molecule has 1 amide bonds. The summed E-state index contributed by atoms with van der Waals surface area (Å²) >= 11 is 0. The molecular formula is C12H13NO6. The van der Waals surface area contributed by atoms with Crippen LogP contribution < -0.4 is 5.32 Å². The molecule has 0 aromatic heterocycles. The Morgan fingerprint density at radius 2 is 2.11 bits per heavy atom. The predicted octanol–water partition coefficient (Wildman–Crippen LogP) is 0.444. The molecule has 0 radical (unpaired) electrons. The molecule has 0 saturated carbocycles. The molecule has 1 aromatic carbocycles. The molecule has 2 rings (SSSR count). The van der Waals surface area contributed by atoms with Crippen molar-refractivity contribution in [1.82, 2.24) is 0 Å². The lowest BCUT2D eigenvalue weighted by Crippen LogP contribution is -2.39. The van der Waals surface area contributed by atoms with Gasteiger partial charge in [0.15, 0.2) is 6.10 Å². The molecule has 1 aliphatic heterocycles. The summed E-state index contributed by atoms with van der Waals surface area (Å²) in [6, 6.07) is 3.68. The van der Waals surface area contributed by atoms with Crippen molar-refractivity contribution < 1.29 is 29.3 Å². The van der Waals surface area contributed by atoms with E-state index in [4.69, 9.17) is 14.6 Å². The van der Waals surface area contributed by atoms with Crippen LogP contribution in [0.25, 0.3) is 0 Å². The van der Waals surface area contributed by atoms with Crippen molar-refractivity contribution >= 4 is 17.6 Å². The van der Waals surface area contributed by atoms with E-state index in [2.05, 4.69) is 5.32 Å². The number of ether oxygens (including phenoxy) is 2. The van der Waals surface area contributed by atoms with Gasteiger partial charge in [-0.2, -0.15) is 0 Å². The lowest BCUT2D eigenvalue weighted by Gasteiger charge is -2.22. The van der Waals surface area contributed by atoms with Crippen LogP contribution in [0.3, 0.4) is 0 Å². The molecule has 1 fully saturated rings. The maximum atomic E-state index is 11.9. The minimum atomic E-state index is -1.24. The standard InChI is InChI=1S/C12H13NO6/c14-7-1-2-9(8(5-7)12(16)17)13-11(15)10-6-18-3-4-19-10/h1-2,5,10,14H,3-4,6H2,(H,13,15)(H,16,17). The average molecular weight is 267 g/mol. The van der Waals surface area contributed by atoms with Crippen LogP contribution >= 0.6 is 0 Å². The highest BCUT2D eigenvalue weighted by atomic mass is 16.6. The number of benzene rings is 1. The number of phenolic OH excluding ortho intramolecular Hbond substituents is 1. The van der Waals surface area contributed by atoms with Gasteiger partial charge in [-0.25, -0.2) is 4.79 Å². The molecule has 1 aliphatic rings. The van der Waals surface area contributed by atoms with Crippen LogP contribution in [0.4, 0.5) is 5.69 Å². The lowest BCUT2D eigenvalue weighted by atomic mass is 10.1. The van der Waals surface area contributed by atoms with E-state index in [1.165, 1.54) is 12.1 Å². The number of anilines is 1. The Bertz CT molecular complexity index is 495. The normalized spacial score (nSPS) is 18.8. The van der Waals surface area contributed by atoms with Gasteiger partial charge in [-0.15, -0.1) is 0 Å². The first-order valence-electron chi connectivity index (χ1n) is 5.64. The van der Waals surface area contributed by atoms with Crippen LogP contribution in [0.1, 0.15) is 10.4 Å². The Balaban J connectivity index is 2.13. The molecule has 7 nitrogen and oxygen atoms in total. The summed E-state index contributed by atoms with van der Waals surface area (Å²) in [7, 11) is 0. The summed E-state index contributed by atoms with van der Waals surface area (Å²) in [6.45, 7) is 0.884. The molecular weight excluding hydrogens is 254 g/mol. The molecule has 102 valence electrons. The summed E-state index contributed by atoms with van der Waals surface area (Å²) in [5, 5.41) is 20.7. The monoisotopic (exact) mass is 267 g/mol. The van der Waals surface area contributed by atoms with Crippen molar-refractivity contribution in [3.05, 3.63) is 23.8 Å². The molecule has 1 atom stereocenters. The second-order valence-corrected chi connectivity index (χ2v) is 3.96. The van der Waals surface area contributed by atoms with E-state index in [1.54, 1.807) is 0 Å². The minimum Gasteiger partial charge on any atom is -0.508 e. The third kappa shape index (κ3) is 3.21. The first-order valence-corrected chi connectivity index (χ1v) is 5.64. The second-order valence-electron chi connectivity index (χ2n) is 3.96. The Labute approximate surface area is 108 Å². The molecule has 7 heteroatoms. The van der Waals surface area contributed by atoms with E-state index >= 15 is 0 Å². The fraction of sp³-hybridized carbons (Fsp3) is 0.333. The van der Waals surface area contributed by atoms with Crippen LogP contribution in [0, 0.1) is 0 Å². The first kappa shape index (κ1) is 13.3. The number of phenols is 1. The molecule has 1 saturated heterocycles. The summed E-state index contributed by atoms with van der Waals surface area (Å²) < 4.78 is 10.3. The molecule has 0 spiro atoms. The zero-order valence-corrected chi connectivity index (χ0v) is 9.96. The van der Waals surface area contributed by atoms with Gasteiger partial charge in [0.05, 0.1) is 31.1 Å². The van der Waals surface area contributed by atoms with Gasteiger partial charge < -0.3 is 25.0 Å². The SMILES string of the molecule is O=C(O)c1cc(O)ccc1NC(=O)C1COCCO1. The Morgan fingerprint density at radius 1 is 1.32 bits per heavy atom. The van der Waals surface area contributed by atoms with Crippen molar-refractivity contribution in [1.29, 1.82) is 0 Å². The molecule has 19 heavy (non-hydrogen) atoms. The summed E-state index contributed by atoms with van der Waals surface area (Å²) in [4.78, 5) is 22.9. The maximum Gasteiger partial charge on any atom is 0.337 e. The number of amides is 1. The molecule has 0 bridgehead atoms. The van der Waals surface area contributed by atoms with Crippen molar-refractivity contribution in [2.75, 3.05) is 25.1 Å². The molecule has 3 N–H and O–H groups in total.